The summed E-state index contributed by atoms with van der Waals surface area (Å²) in [6.45, 7) is 0.702. The molecule has 1 unspecified atom stereocenters. The fourth-order valence-corrected chi connectivity index (χ4v) is 4.34. The minimum Gasteiger partial charge on any atom is -0.391 e. The van der Waals surface area contributed by atoms with E-state index < -0.39 is 6.10 Å². The molecule has 7 heteroatoms. The maximum absolute atomic E-state index is 12.7. The summed E-state index contributed by atoms with van der Waals surface area (Å²) in [6.07, 6.45) is 10.5. The first-order chi connectivity index (χ1) is 12.1. The number of aryl methyl sites for hydroxylation is 1. The lowest BCUT2D eigenvalue weighted by molar-refractivity contribution is 0.0867. The van der Waals surface area contributed by atoms with Gasteiger partial charge in [0.1, 0.15) is 5.69 Å². The summed E-state index contributed by atoms with van der Waals surface area (Å²) in [7, 11) is 0. The van der Waals surface area contributed by atoms with Gasteiger partial charge in [-0.15, -0.1) is 0 Å². The molecule has 3 atom stereocenters. The van der Waals surface area contributed by atoms with Crippen molar-refractivity contribution in [1.82, 2.24) is 20.1 Å². The second kappa shape index (κ2) is 6.84. The molecule has 4 rings (SSSR count). The summed E-state index contributed by atoms with van der Waals surface area (Å²) < 4.78 is 1.80. The van der Waals surface area contributed by atoms with Crippen LogP contribution in [0.15, 0.2) is 18.6 Å². The molecule has 2 aromatic heterocycles. The number of nitrogens with zero attached hydrogens (tertiary/aromatic N) is 2. The Morgan fingerprint density at radius 2 is 2.24 bits per heavy atom. The van der Waals surface area contributed by atoms with E-state index in [1.54, 1.807) is 17.1 Å². The first-order valence-corrected chi connectivity index (χ1v) is 9.34. The Labute approximate surface area is 151 Å². The minimum absolute atomic E-state index is 0.102. The van der Waals surface area contributed by atoms with Gasteiger partial charge in [-0.1, -0.05) is 11.6 Å². The second-order valence-electron chi connectivity index (χ2n) is 7.24. The van der Waals surface area contributed by atoms with Crippen LogP contribution in [0.25, 0.3) is 0 Å². The Kier molecular flexibility index (Phi) is 4.56. The van der Waals surface area contributed by atoms with Crippen LogP contribution in [-0.2, 0) is 19.4 Å². The average molecular weight is 363 g/mol. The topological polar surface area (TPSA) is 82.9 Å². The van der Waals surface area contributed by atoms with E-state index in [0.717, 1.165) is 31.2 Å². The predicted molar refractivity (Wildman–Crippen MR) is 94.7 cm³/mol. The van der Waals surface area contributed by atoms with Crippen molar-refractivity contribution in [3.05, 3.63) is 40.4 Å². The van der Waals surface area contributed by atoms with Crippen molar-refractivity contribution < 1.29 is 9.90 Å². The zero-order valence-electron chi connectivity index (χ0n) is 14.0. The van der Waals surface area contributed by atoms with Gasteiger partial charge in [0.05, 0.1) is 23.4 Å². The van der Waals surface area contributed by atoms with Crippen LogP contribution < -0.4 is 5.32 Å². The van der Waals surface area contributed by atoms with Crippen molar-refractivity contribution >= 4 is 17.5 Å². The highest BCUT2D eigenvalue weighted by atomic mass is 35.5. The number of halogens is 1. The molecule has 2 aliphatic carbocycles. The van der Waals surface area contributed by atoms with E-state index in [1.165, 1.54) is 12.0 Å². The molecule has 0 bridgehead atoms. The molecule has 0 radical (unpaired) electrons. The third-order valence-electron chi connectivity index (χ3n) is 5.42. The Balaban J connectivity index is 1.39. The number of hydrogen-bond acceptors (Lipinski definition) is 3. The first kappa shape index (κ1) is 16.7. The molecule has 0 aromatic carbocycles. The molecular weight excluding hydrogens is 340 g/mol. The zero-order chi connectivity index (χ0) is 17.4. The molecule has 0 saturated heterocycles. The number of aromatic amines is 1. The summed E-state index contributed by atoms with van der Waals surface area (Å²) in [6, 6.07) is -0.217. The van der Waals surface area contributed by atoms with Crippen LogP contribution in [0.5, 0.6) is 0 Å². The van der Waals surface area contributed by atoms with Crippen molar-refractivity contribution in [2.24, 2.45) is 5.92 Å². The summed E-state index contributed by atoms with van der Waals surface area (Å²) in [5, 5.41) is 18.2. The van der Waals surface area contributed by atoms with Crippen LogP contribution in [0, 0.1) is 5.92 Å². The SMILES string of the molecule is O=C(N[C@@H]1CC(Cn2cc(Cl)cn2)C[C@H]1O)c1[nH]cc2c1CCCC2. The smallest absolute Gasteiger partial charge is 0.268 e. The third kappa shape index (κ3) is 3.46. The Morgan fingerprint density at radius 3 is 3.04 bits per heavy atom. The molecule has 1 saturated carbocycles. The largest absolute Gasteiger partial charge is 0.391 e. The number of amides is 1. The van der Waals surface area contributed by atoms with Crippen molar-refractivity contribution in [3.63, 3.8) is 0 Å². The van der Waals surface area contributed by atoms with Gasteiger partial charge in [0.15, 0.2) is 0 Å². The van der Waals surface area contributed by atoms with Gasteiger partial charge < -0.3 is 15.4 Å². The van der Waals surface area contributed by atoms with Gasteiger partial charge in [0.25, 0.3) is 5.91 Å². The molecule has 25 heavy (non-hydrogen) atoms. The van der Waals surface area contributed by atoms with Gasteiger partial charge in [-0.3, -0.25) is 9.48 Å². The number of aliphatic hydroxyl groups excluding tert-OH is 1. The number of fused-ring (bicyclic) bond motifs is 1. The number of rotatable bonds is 4. The van der Waals surface area contributed by atoms with Gasteiger partial charge in [0.2, 0.25) is 0 Å². The third-order valence-corrected chi connectivity index (χ3v) is 5.62. The highest BCUT2D eigenvalue weighted by Crippen LogP contribution is 2.29. The molecular formula is C18H23ClN4O2. The monoisotopic (exact) mass is 362 g/mol. The number of H-pyrrole nitrogens is 1. The fraction of sp³-hybridized carbons (Fsp3) is 0.556. The van der Waals surface area contributed by atoms with Crippen LogP contribution in [0.1, 0.15) is 47.3 Å². The van der Waals surface area contributed by atoms with E-state index in [4.69, 9.17) is 11.6 Å². The molecule has 1 amide bonds. The van der Waals surface area contributed by atoms with Crippen LogP contribution >= 0.6 is 11.6 Å². The van der Waals surface area contributed by atoms with E-state index in [0.29, 0.717) is 23.7 Å². The molecule has 6 nitrogen and oxygen atoms in total. The standard InChI is InChI=1S/C18H23ClN4O2/c19-13-8-21-23(10-13)9-11-5-15(16(24)6-11)22-18(25)17-14-4-2-1-3-12(14)7-20-17/h7-8,10-11,15-16,20,24H,1-6,9H2,(H,22,25)/t11?,15-,16-/m1/s1. The fourth-order valence-electron chi connectivity index (χ4n) is 4.19. The lowest BCUT2D eigenvalue weighted by Gasteiger charge is -2.18. The van der Waals surface area contributed by atoms with Gasteiger partial charge in [-0.25, -0.2) is 0 Å². The lowest BCUT2D eigenvalue weighted by atomic mass is 9.93. The van der Waals surface area contributed by atoms with Crippen LogP contribution in [0.3, 0.4) is 0 Å². The molecule has 0 aliphatic heterocycles. The van der Waals surface area contributed by atoms with Gasteiger partial charge in [0, 0.05) is 18.9 Å². The maximum Gasteiger partial charge on any atom is 0.268 e. The average Bonchev–Trinajstić information content (AvgIpc) is 3.27. The number of carbonyl (C=O) groups excluding carboxylic acids is 1. The minimum atomic E-state index is -0.522. The Hall–Kier alpha value is -1.79. The Morgan fingerprint density at radius 1 is 1.40 bits per heavy atom. The molecule has 2 heterocycles. The van der Waals surface area contributed by atoms with E-state index in [2.05, 4.69) is 15.4 Å². The highest BCUT2D eigenvalue weighted by Gasteiger charge is 2.35. The molecule has 134 valence electrons. The van der Waals surface area contributed by atoms with Crippen molar-refractivity contribution in [2.45, 2.75) is 57.2 Å². The molecule has 3 N–H and O–H groups in total. The molecule has 2 aliphatic rings. The number of hydrogen-bond donors (Lipinski definition) is 3. The number of carbonyl (C=O) groups is 1. The number of aromatic nitrogens is 3. The van der Waals surface area contributed by atoms with Gasteiger partial charge in [-0.05, 0) is 55.6 Å². The first-order valence-electron chi connectivity index (χ1n) is 8.96. The van der Waals surface area contributed by atoms with Crippen LogP contribution in [0.2, 0.25) is 5.02 Å². The van der Waals surface area contributed by atoms with E-state index in [9.17, 15) is 9.90 Å². The molecule has 1 fully saturated rings. The quantitative estimate of drug-likeness (QED) is 0.780. The Bertz CT molecular complexity index is 769. The van der Waals surface area contributed by atoms with Crippen molar-refractivity contribution in [3.8, 4) is 0 Å². The summed E-state index contributed by atoms with van der Waals surface area (Å²) in [5.41, 5.74) is 3.08. The summed E-state index contributed by atoms with van der Waals surface area (Å²) >= 11 is 5.89. The highest BCUT2D eigenvalue weighted by molar-refractivity contribution is 6.30. The zero-order valence-corrected chi connectivity index (χ0v) is 14.8. The maximum atomic E-state index is 12.7. The van der Waals surface area contributed by atoms with E-state index >= 15 is 0 Å². The summed E-state index contributed by atoms with van der Waals surface area (Å²) in [5.74, 6) is 0.170. The van der Waals surface area contributed by atoms with E-state index in [-0.39, 0.29) is 17.9 Å². The predicted octanol–water partition coefficient (Wildman–Crippen LogP) is 2.31. The van der Waals surface area contributed by atoms with E-state index in [1.807, 2.05) is 6.20 Å². The van der Waals surface area contributed by atoms with Crippen molar-refractivity contribution in [1.29, 1.82) is 0 Å². The number of nitrogens with one attached hydrogen (secondary N) is 2. The van der Waals surface area contributed by atoms with Crippen LogP contribution in [0.4, 0.5) is 0 Å². The van der Waals surface area contributed by atoms with Crippen LogP contribution in [-0.4, -0.2) is 37.9 Å². The molecule has 2 aromatic rings. The number of aliphatic hydroxyl groups is 1. The summed E-state index contributed by atoms with van der Waals surface area (Å²) in [4.78, 5) is 15.8. The van der Waals surface area contributed by atoms with Gasteiger partial charge >= 0.3 is 0 Å². The lowest BCUT2D eigenvalue weighted by Crippen LogP contribution is -2.40. The van der Waals surface area contributed by atoms with Gasteiger partial charge in [-0.2, -0.15) is 5.10 Å². The molecule has 0 spiro atoms. The van der Waals surface area contributed by atoms with Crippen molar-refractivity contribution in [2.75, 3.05) is 0 Å². The second-order valence-corrected chi connectivity index (χ2v) is 7.68. The normalized spacial score (nSPS) is 25.8.